The predicted octanol–water partition coefficient (Wildman–Crippen LogP) is 2.13. The number of carbonyl (C=O) groups is 1. The first-order valence-corrected chi connectivity index (χ1v) is 8.23. The van der Waals surface area contributed by atoms with Crippen molar-refractivity contribution >= 4 is 29.1 Å². The van der Waals surface area contributed by atoms with Crippen LogP contribution in [0.5, 0.6) is 5.75 Å². The van der Waals surface area contributed by atoms with Crippen molar-refractivity contribution in [3.63, 3.8) is 0 Å². The van der Waals surface area contributed by atoms with Crippen molar-refractivity contribution in [1.29, 1.82) is 0 Å². The van der Waals surface area contributed by atoms with Gasteiger partial charge in [0.1, 0.15) is 5.75 Å². The Hall–Kier alpha value is -1.01. The van der Waals surface area contributed by atoms with E-state index in [1.807, 2.05) is 0 Å². The van der Waals surface area contributed by atoms with Gasteiger partial charge < -0.3 is 10.1 Å². The lowest BCUT2D eigenvalue weighted by atomic mass is 9.83. The van der Waals surface area contributed by atoms with Gasteiger partial charge in [-0.05, 0) is 37.3 Å². The van der Waals surface area contributed by atoms with Crippen LogP contribution in [0, 0.1) is 5.92 Å². The van der Waals surface area contributed by atoms with Crippen molar-refractivity contribution < 1.29 is 9.53 Å². The number of hydrazine groups is 1. The van der Waals surface area contributed by atoms with Crippen LogP contribution in [0.25, 0.3) is 0 Å². The largest absolute Gasteiger partial charge is 0.484 e. The fourth-order valence-corrected chi connectivity index (χ4v) is 3.40. The number of ether oxygens (including phenoxy) is 1. The Morgan fingerprint density at radius 2 is 2.18 bits per heavy atom. The van der Waals surface area contributed by atoms with Crippen LogP contribution in [0.1, 0.15) is 19.3 Å². The molecule has 0 radical (unpaired) electrons. The highest BCUT2D eigenvalue weighted by molar-refractivity contribution is 6.42. The number of amides is 1. The molecule has 1 aliphatic heterocycles. The highest BCUT2D eigenvalue weighted by Gasteiger charge is 2.34. The zero-order valence-electron chi connectivity index (χ0n) is 12.1. The molecule has 7 heteroatoms. The van der Waals surface area contributed by atoms with Crippen LogP contribution in [-0.4, -0.2) is 31.1 Å². The van der Waals surface area contributed by atoms with E-state index in [-0.39, 0.29) is 18.6 Å². The van der Waals surface area contributed by atoms with Crippen molar-refractivity contribution in [2.75, 3.05) is 13.2 Å². The van der Waals surface area contributed by atoms with E-state index < -0.39 is 0 Å². The third kappa shape index (κ3) is 3.84. The lowest BCUT2D eigenvalue weighted by Gasteiger charge is -2.31. The highest BCUT2D eigenvalue weighted by atomic mass is 35.5. The number of fused-ring (bicyclic) bond motifs is 1. The average Bonchev–Trinajstić information content (AvgIpc) is 2.96. The molecule has 1 saturated heterocycles. The molecule has 3 unspecified atom stereocenters. The van der Waals surface area contributed by atoms with E-state index in [1.54, 1.807) is 18.2 Å². The minimum Gasteiger partial charge on any atom is -0.484 e. The normalized spacial score (nSPS) is 27.3. The first-order chi connectivity index (χ1) is 10.6. The second-order valence-corrected chi connectivity index (χ2v) is 6.65. The number of hydrogen-bond acceptors (Lipinski definition) is 4. The summed E-state index contributed by atoms with van der Waals surface area (Å²) in [6, 6.07) is 5.73. The molecular formula is C15H19Cl2N3O2. The fraction of sp³-hybridized carbons (Fsp3) is 0.533. The van der Waals surface area contributed by atoms with Gasteiger partial charge in [-0.15, -0.1) is 0 Å². The third-order valence-electron chi connectivity index (χ3n) is 4.26. The molecule has 1 aromatic rings. The molecule has 1 amide bonds. The molecule has 2 fully saturated rings. The molecule has 0 bridgehead atoms. The number of benzene rings is 1. The van der Waals surface area contributed by atoms with Gasteiger partial charge in [-0.3, -0.25) is 15.6 Å². The van der Waals surface area contributed by atoms with Crippen LogP contribution in [0.3, 0.4) is 0 Å². The Morgan fingerprint density at radius 1 is 1.32 bits per heavy atom. The van der Waals surface area contributed by atoms with Gasteiger partial charge in [-0.2, -0.15) is 0 Å². The van der Waals surface area contributed by atoms with Crippen molar-refractivity contribution in [2.45, 2.75) is 31.3 Å². The Balaban J connectivity index is 1.45. The summed E-state index contributed by atoms with van der Waals surface area (Å²) in [5.74, 6) is 1.03. The summed E-state index contributed by atoms with van der Waals surface area (Å²) >= 11 is 11.8. The standard InChI is InChI=1S/C15H19Cl2N3O2/c16-12-3-2-11(6-13(12)17)22-8-15(21)19-10-1-4-14-9(5-10)7-18-20-14/h2-3,6,9-10,14,18,20H,1,4-5,7-8H2,(H,19,21). The van der Waals surface area contributed by atoms with Crippen molar-refractivity contribution in [3.8, 4) is 5.75 Å². The first-order valence-electron chi connectivity index (χ1n) is 7.47. The summed E-state index contributed by atoms with van der Waals surface area (Å²) < 4.78 is 5.45. The molecule has 2 aliphatic rings. The van der Waals surface area contributed by atoms with E-state index in [0.717, 1.165) is 25.8 Å². The Morgan fingerprint density at radius 3 is 3.00 bits per heavy atom. The predicted molar refractivity (Wildman–Crippen MR) is 86.2 cm³/mol. The van der Waals surface area contributed by atoms with Crippen LogP contribution in [0.2, 0.25) is 10.0 Å². The molecule has 3 N–H and O–H groups in total. The molecule has 1 aliphatic carbocycles. The van der Waals surface area contributed by atoms with Gasteiger partial charge in [0, 0.05) is 24.7 Å². The zero-order valence-corrected chi connectivity index (χ0v) is 13.6. The highest BCUT2D eigenvalue weighted by Crippen LogP contribution is 2.27. The molecule has 120 valence electrons. The number of nitrogens with one attached hydrogen (secondary N) is 3. The first kappa shape index (κ1) is 15.9. The van der Waals surface area contributed by atoms with Gasteiger partial charge in [0.2, 0.25) is 0 Å². The lowest BCUT2D eigenvalue weighted by Crippen LogP contribution is -2.45. The van der Waals surface area contributed by atoms with Crippen LogP contribution in [0.4, 0.5) is 0 Å². The van der Waals surface area contributed by atoms with Crippen molar-refractivity contribution in [2.24, 2.45) is 5.92 Å². The van der Waals surface area contributed by atoms with E-state index in [0.29, 0.717) is 27.8 Å². The minimum atomic E-state index is -0.103. The lowest BCUT2D eigenvalue weighted by molar-refractivity contribution is -0.124. The molecule has 1 aromatic carbocycles. The number of halogens is 2. The van der Waals surface area contributed by atoms with Crippen molar-refractivity contribution in [1.82, 2.24) is 16.2 Å². The second kappa shape index (κ2) is 7.04. The van der Waals surface area contributed by atoms with Gasteiger partial charge in [-0.25, -0.2) is 0 Å². The summed E-state index contributed by atoms with van der Waals surface area (Å²) in [6.07, 6.45) is 3.08. The average molecular weight is 344 g/mol. The molecule has 1 saturated carbocycles. The monoisotopic (exact) mass is 343 g/mol. The molecule has 22 heavy (non-hydrogen) atoms. The topological polar surface area (TPSA) is 62.4 Å². The SMILES string of the molecule is O=C(COc1ccc(Cl)c(Cl)c1)NC1CCC2NNCC2C1. The molecule has 3 atom stereocenters. The van der Waals surface area contributed by atoms with Gasteiger partial charge in [-0.1, -0.05) is 23.2 Å². The maximum Gasteiger partial charge on any atom is 0.258 e. The fourth-order valence-electron chi connectivity index (χ4n) is 3.12. The van der Waals surface area contributed by atoms with Gasteiger partial charge in [0.25, 0.3) is 5.91 Å². The molecule has 0 aromatic heterocycles. The number of rotatable bonds is 4. The third-order valence-corrected chi connectivity index (χ3v) is 5.00. The molecular weight excluding hydrogens is 325 g/mol. The Labute approximate surface area is 139 Å². The molecule has 5 nitrogen and oxygen atoms in total. The summed E-state index contributed by atoms with van der Waals surface area (Å²) in [5.41, 5.74) is 6.46. The van der Waals surface area contributed by atoms with Gasteiger partial charge in [0.15, 0.2) is 6.61 Å². The molecule has 3 rings (SSSR count). The van der Waals surface area contributed by atoms with E-state index in [4.69, 9.17) is 27.9 Å². The molecule has 1 heterocycles. The Kier molecular flexibility index (Phi) is 5.08. The maximum atomic E-state index is 12.0. The summed E-state index contributed by atoms with van der Waals surface area (Å²) in [6.45, 7) is 0.954. The van der Waals surface area contributed by atoms with Gasteiger partial charge >= 0.3 is 0 Å². The quantitative estimate of drug-likeness (QED) is 0.783. The van der Waals surface area contributed by atoms with E-state index in [1.165, 1.54) is 0 Å². The maximum absolute atomic E-state index is 12.0. The number of carbonyl (C=O) groups excluding carboxylic acids is 1. The van der Waals surface area contributed by atoms with Crippen LogP contribution in [0.15, 0.2) is 18.2 Å². The van der Waals surface area contributed by atoms with E-state index in [9.17, 15) is 4.79 Å². The summed E-state index contributed by atoms with van der Waals surface area (Å²) in [5, 5.41) is 3.93. The van der Waals surface area contributed by atoms with E-state index >= 15 is 0 Å². The summed E-state index contributed by atoms with van der Waals surface area (Å²) in [7, 11) is 0. The van der Waals surface area contributed by atoms with Crippen molar-refractivity contribution in [3.05, 3.63) is 28.2 Å². The number of hydrogen-bond donors (Lipinski definition) is 3. The summed E-state index contributed by atoms with van der Waals surface area (Å²) in [4.78, 5) is 12.0. The van der Waals surface area contributed by atoms with Crippen LogP contribution in [-0.2, 0) is 4.79 Å². The second-order valence-electron chi connectivity index (χ2n) is 5.83. The van der Waals surface area contributed by atoms with Crippen LogP contribution < -0.4 is 20.9 Å². The minimum absolute atomic E-state index is 0.0148. The zero-order chi connectivity index (χ0) is 15.5. The van der Waals surface area contributed by atoms with E-state index in [2.05, 4.69) is 16.2 Å². The van der Waals surface area contributed by atoms with Crippen LogP contribution >= 0.6 is 23.2 Å². The molecule has 0 spiro atoms. The smallest absolute Gasteiger partial charge is 0.258 e. The van der Waals surface area contributed by atoms with Gasteiger partial charge in [0.05, 0.1) is 10.0 Å². The Bertz CT molecular complexity index is 556.